The molecular weight excluding hydrogens is 307 g/mol. The van der Waals surface area contributed by atoms with Crippen LogP contribution in [-0.4, -0.2) is 19.6 Å². The van der Waals surface area contributed by atoms with E-state index in [1.165, 1.54) is 25.3 Å². The second-order valence-corrected chi connectivity index (χ2v) is 5.28. The van der Waals surface area contributed by atoms with E-state index in [1.54, 1.807) is 17.2 Å². The fraction of sp³-hybridized carbons (Fsp3) is 0.211. The van der Waals surface area contributed by atoms with Gasteiger partial charge >= 0.3 is 0 Å². The van der Waals surface area contributed by atoms with Gasteiger partial charge in [0.15, 0.2) is 11.6 Å². The lowest BCUT2D eigenvalue weighted by Gasteiger charge is -2.23. The Morgan fingerprint density at radius 1 is 1.25 bits per heavy atom. The van der Waals surface area contributed by atoms with Crippen LogP contribution >= 0.6 is 0 Å². The predicted octanol–water partition coefficient (Wildman–Crippen LogP) is 3.71. The first-order chi connectivity index (χ1) is 11.5. The number of carbonyl (C=O) groups is 1. The molecule has 0 radical (unpaired) electrons. The lowest BCUT2D eigenvalue weighted by Crippen LogP contribution is -2.41. The number of hydrogen-bond acceptors (Lipinski definition) is 3. The molecule has 2 rings (SSSR count). The molecule has 2 aromatic rings. The highest BCUT2D eigenvalue weighted by atomic mass is 19.1. The van der Waals surface area contributed by atoms with Crippen molar-refractivity contribution in [3.05, 3.63) is 65.5 Å². The van der Waals surface area contributed by atoms with Gasteiger partial charge in [-0.05, 0) is 49.8 Å². The highest BCUT2D eigenvalue weighted by molar-refractivity contribution is 5.92. The Hall–Kier alpha value is -2.82. The minimum Gasteiger partial charge on any atom is -0.494 e. The van der Waals surface area contributed by atoms with E-state index in [9.17, 15) is 9.18 Å². The fourth-order valence-electron chi connectivity index (χ4n) is 2.18. The SMILES string of the molecule is CCN(NC(=O)/C=C/c1ccc(OC)c(F)c1)c1ccc(C)cc1. The van der Waals surface area contributed by atoms with E-state index >= 15 is 0 Å². The number of aryl methyl sites for hydroxylation is 1. The molecule has 4 nitrogen and oxygen atoms in total. The van der Waals surface area contributed by atoms with Gasteiger partial charge in [-0.15, -0.1) is 0 Å². The zero-order chi connectivity index (χ0) is 17.5. The molecule has 0 aromatic heterocycles. The van der Waals surface area contributed by atoms with Crippen molar-refractivity contribution in [2.45, 2.75) is 13.8 Å². The van der Waals surface area contributed by atoms with Crippen LogP contribution in [-0.2, 0) is 4.79 Å². The summed E-state index contributed by atoms with van der Waals surface area (Å²) >= 11 is 0. The van der Waals surface area contributed by atoms with Crippen molar-refractivity contribution in [1.82, 2.24) is 5.43 Å². The van der Waals surface area contributed by atoms with Crippen molar-refractivity contribution in [2.24, 2.45) is 0 Å². The number of halogens is 1. The van der Waals surface area contributed by atoms with Crippen molar-refractivity contribution < 1.29 is 13.9 Å². The summed E-state index contributed by atoms with van der Waals surface area (Å²) in [5.74, 6) is -0.573. The van der Waals surface area contributed by atoms with E-state index in [2.05, 4.69) is 5.43 Å². The highest BCUT2D eigenvalue weighted by Crippen LogP contribution is 2.18. The number of nitrogens with zero attached hydrogens (tertiary/aromatic N) is 1. The van der Waals surface area contributed by atoms with Gasteiger partial charge in [-0.25, -0.2) is 4.39 Å². The smallest absolute Gasteiger partial charge is 0.262 e. The Labute approximate surface area is 141 Å². The molecule has 0 aliphatic carbocycles. The molecule has 0 heterocycles. The number of anilines is 1. The van der Waals surface area contributed by atoms with Crippen LogP contribution < -0.4 is 15.2 Å². The molecule has 0 aliphatic rings. The molecule has 0 unspecified atom stereocenters. The number of hydrogen-bond donors (Lipinski definition) is 1. The monoisotopic (exact) mass is 328 g/mol. The number of ether oxygens (including phenoxy) is 1. The summed E-state index contributed by atoms with van der Waals surface area (Å²) in [5, 5.41) is 1.75. The van der Waals surface area contributed by atoms with Gasteiger partial charge in [-0.1, -0.05) is 23.8 Å². The largest absolute Gasteiger partial charge is 0.494 e. The van der Waals surface area contributed by atoms with Crippen molar-refractivity contribution in [2.75, 3.05) is 18.7 Å². The summed E-state index contributed by atoms with van der Waals surface area (Å²) in [6.45, 7) is 4.58. The van der Waals surface area contributed by atoms with Gasteiger partial charge in [0.1, 0.15) is 0 Å². The van der Waals surface area contributed by atoms with Crippen LogP contribution in [0.25, 0.3) is 6.08 Å². The average Bonchev–Trinajstić information content (AvgIpc) is 2.59. The molecule has 0 atom stereocenters. The van der Waals surface area contributed by atoms with E-state index in [0.29, 0.717) is 12.1 Å². The maximum atomic E-state index is 13.6. The number of hydrazine groups is 1. The summed E-state index contributed by atoms with van der Waals surface area (Å²) in [7, 11) is 1.41. The number of benzene rings is 2. The number of carbonyl (C=O) groups excluding carboxylic acids is 1. The highest BCUT2D eigenvalue weighted by Gasteiger charge is 2.06. The van der Waals surface area contributed by atoms with Crippen molar-refractivity contribution in [1.29, 1.82) is 0 Å². The third kappa shape index (κ3) is 4.59. The van der Waals surface area contributed by atoms with Gasteiger partial charge in [0.05, 0.1) is 12.8 Å². The normalized spacial score (nSPS) is 10.7. The Morgan fingerprint density at radius 3 is 2.54 bits per heavy atom. The van der Waals surface area contributed by atoms with E-state index in [-0.39, 0.29) is 11.7 Å². The molecule has 0 saturated heterocycles. The van der Waals surface area contributed by atoms with Crippen LogP contribution in [0.15, 0.2) is 48.5 Å². The van der Waals surface area contributed by atoms with Gasteiger partial charge in [-0.2, -0.15) is 0 Å². The van der Waals surface area contributed by atoms with Crippen LogP contribution in [0.3, 0.4) is 0 Å². The lowest BCUT2D eigenvalue weighted by atomic mass is 10.2. The fourth-order valence-corrected chi connectivity index (χ4v) is 2.18. The second kappa shape index (κ2) is 8.15. The summed E-state index contributed by atoms with van der Waals surface area (Å²) in [5.41, 5.74) is 5.44. The van der Waals surface area contributed by atoms with Crippen LogP contribution in [0.2, 0.25) is 0 Å². The minimum absolute atomic E-state index is 0.174. The molecule has 2 aromatic carbocycles. The number of methoxy groups -OCH3 is 1. The summed E-state index contributed by atoms with van der Waals surface area (Å²) < 4.78 is 18.5. The zero-order valence-electron chi connectivity index (χ0n) is 14.0. The first-order valence-electron chi connectivity index (χ1n) is 7.70. The van der Waals surface area contributed by atoms with Crippen molar-refractivity contribution in [3.63, 3.8) is 0 Å². The van der Waals surface area contributed by atoms with E-state index in [1.807, 2.05) is 38.1 Å². The van der Waals surface area contributed by atoms with E-state index in [4.69, 9.17) is 4.74 Å². The summed E-state index contributed by atoms with van der Waals surface area (Å²) in [6.07, 6.45) is 2.93. The number of nitrogens with one attached hydrogen (secondary N) is 1. The van der Waals surface area contributed by atoms with Crippen molar-refractivity contribution in [3.8, 4) is 5.75 Å². The topological polar surface area (TPSA) is 41.6 Å². The maximum Gasteiger partial charge on any atom is 0.262 e. The van der Waals surface area contributed by atoms with E-state index < -0.39 is 5.82 Å². The quantitative estimate of drug-likeness (QED) is 0.649. The number of rotatable bonds is 6. The van der Waals surface area contributed by atoms with Crippen LogP contribution in [0.1, 0.15) is 18.1 Å². The van der Waals surface area contributed by atoms with Crippen LogP contribution in [0.5, 0.6) is 5.75 Å². The minimum atomic E-state index is -0.463. The maximum absolute atomic E-state index is 13.6. The molecule has 24 heavy (non-hydrogen) atoms. The third-order valence-corrected chi connectivity index (χ3v) is 3.51. The molecule has 0 bridgehead atoms. The standard InChI is InChI=1S/C19H21FN2O2/c1-4-22(16-9-5-14(2)6-10-16)21-19(23)12-8-15-7-11-18(24-3)17(20)13-15/h5-13H,4H2,1-3H3,(H,21,23)/b12-8+. The molecule has 1 amide bonds. The molecule has 5 heteroatoms. The van der Waals surface area contributed by atoms with Crippen LogP contribution in [0, 0.1) is 12.7 Å². The van der Waals surface area contributed by atoms with Gasteiger partial charge in [0.25, 0.3) is 5.91 Å². The lowest BCUT2D eigenvalue weighted by molar-refractivity contribution is -0.116. The molecule has 0 saturated carbocycles. The first kappa shape index (κ1) is 17.5. The second-order valence-electron chi connectivity index (χ2n) is 5.28. The van der Waals surface area contributed by atoms with E-state index in [0.717, 1.165) is 11.3 Å². The summed E-state index contributed by atoms with van der Waals surface area (Å²) in [4.78, 5) is 12.1. The Kier molecular flexibility index (Phi) is 5.95. The molecule has 0 aliphatic heterocycles. The van der Waals surface area contributed by atoms with Gasteiger partial charge < -0.3 is 4.74 Å². The van der Waals surface area contributed by atoms with Gasteiger partial charge in [0.2, 0.25) is 0 Å². The predicted molar refractivity (Wildman–Crippen MR) is 94.3 cm³/mol. The third-order valence-electron chi connectivity index (χ3n) is 3.51. The summed E-state index contributed by atoms with van der Waals surface area (Å²) in [6, 6.07) is 12.4. The molecule has 0 spiro atoms. The first-order valence-corrected chi connectivity index (χ1v) is 7.70. The Morgan fingerprint density at radius 2 is 1.96 bits per heavy atom. The van der Waals surface area contributed by atoms with Gasteiger partial charge in [-0.3, -0.25) is 15.2 Å². The van der Waals surface area contributed by atoms with Gasteiger partial charge in [0, 0.05) is 12.6 Å². The molecule has 0 fully saturated rings. The number of amides is 1. The Bertz CT molecular complexity index is 727. The molecule has 1 N–H and O–H groups in total. The average molecular weight is 328 g/mol. The van der Waals surface area contributed by atoms with Crippen molar-refractivity contribution >= 4 is 17.7 Å². The molecular formula is C19H21FN2O2. The zero-order valence-corrected chi connectivity index (χ0v) is 14.0. The molecule has 126 valence electrons. The van der Waals surface area contributed by atoms with Crippen LogP contribution in [0.4, 0.5) is 10.1 Å². The Balaban J connectivity index is 2.03.